The minimum absolute atomic E-state index is 0.0832. The standard InChI is InChI=1S/C46H61FO7/c1-10-13-40(51)54-46(32(5)25-37-36-20-18-33-26-34(48)21-23-43(33,8)45(36,47)38(49)27-44(37,46)9)39(50)28-53-41(52)24-30(3)15-11-14-29(2)17-19-35-31(4)16-12-22-42(35,6)7/h11,14-15,17,19,21,23-24,26,32,36-38,49H,10,12-13,16,18,20,22,25,27-28H2,1-9H3/t32-,36-,37-,38-,43-,44-,45-,46+/m0/s1. The molecule has 0 amide bonds. The molecule has 3 fully saturated rings. The molecule has 0 aliphatic heterocycles. The van der Waals surface area contributed by atoms with Crippen molar-refractivity contribution in [3.8, 4) is 0 Å². The lowest BCUT2D eigenvalue weighted by Crippen LogP contribution is -2.70. The van der Waals surface area contributed by atoms with Crippen molar-refractivity contribution in [3.05, 3.63) is 82.5 Å². The molecule has 1 N–H and O–H groups in total. The van der Waals surface area contributed by atoms with Crippen LogP contribution in [0.1, 0.15) is 120 Å². The first-order valence-corrected chi connectivity index (χ1v) is 19.9. The van der Waals surface area contributed by atoms with E-state index in [9.17, 15) is 24.3 Å². The number of fused-ring (bicyclic) bond motifs is 5. The molecule has 5 rings (SSSR count). The van der Waals surface area contributed by atoms with Crippen molar-refractivity contribution in [1.82, 2.24) is 0 Å². The number of esters is 2. The Balaban J connectivity index is 1.33. The molecule has 294 valence electrons. The van der Waals surface area contributed by atoms with Crippen LogP contribution < -0.4 is 0 Å². The summed E-state index contributed by atoms with van der Waals surface area (Å²) >= 11 is 0. The maximum absolute atomic E-state index is 17.8. The summed E-state index contributed by atoms with van der Waals surface area (Å²) in [6.45, 7) is 17.2. The second kappa shape index (κ2) is 15.5. The van der Waals surface area contributed by atoms with Gasteiger partial charge in [-0.3, -0.25) is 14.4 Å². The Hall–Kier alpha value is -3.65. The molecule has 0 aromatic rings. The molecule has 5 aliphatic rings. The highest BCUT2D eigenvalue weighted by Gasteiger charge is 2.77. The van der Waals surface area contributed by atoms with E-state index in [4.69, 9.17) is 9.47 Å². The van der Waals surface area contributed by atoms with Crippen LogP contribution in [0.3, 0.4) is 0 Å². The van der Waals surface area contributed by atoms with E-state index >= 15 is 4.39 Å². The molecule has 0 saturated heterocycles. The average Bonchev–Trinajstić information content (AvgIpc) is 3.29. The van der Waals surface area contributed by atoms with Crippen molar-refractivity contribution >= 4 is 23.5 Å². The fourth-order valence-electron chi connectivity index (χ4n) is 11.0. The van der Waals surface area contributed by atoms with Crippen LogP contribution >= 0.6 is 0 Å². The Morgan fingerprint density at radius 2 is 1.78 bits per heavy atom. The molecule has 0 spiro atoms. The molecule has 54 heavy (non-hydrogen) atoms. The van der Waals surface area contributed by atoms with Gasteiger partial charge in [0.2, 0.25) is 5.78 Å². The zero-order chi connectivity index (χ0) is 39.9. The van der Waals surface area contributed by atoms with Crippen LogP contribution in [0.15, 0.2) is 82.5 Å². The van der Waals surface area contributed by atoms with E-state index in [1.165, 1.54) is 42.2 Å². The maximum Gasteiger partial charge on any atom is 0.331 e. The second-order valence-corrected chi connectivity index (χ2v) is 17.8. The number of carbonyl (C=O) groups excluding carboxylic acids is 4. The van der Waals surface area contributed by atoms with Gasteiger partial charge in [0.05, 0.1) is 6.10 Å². The Morgan fingerprint density at radius 3 is 2.46 bits per heavy atom. The molecule has 0 bridgehead atoms. The Bertz CT molecular complexity index is 1770. The summed E-state index contributed by atoms with van der Waals surface area (Å²) in [6, 6.07) is 0. The summed E-state index contributed by atoms with van der Waals surface area (Å²) in [6.07, 6.45) is 19.4. The van der Waals surface area contributed by atoms with Crippen molar-refractivity contribution in [2.24, 2.45) is 34.0 Å². The van der Waals surface area contributed by atoms with E-state index in [0.29, 0.717) is 36.8 Å². The van der Waals surface area contributed by atoms with E-state index in [0.717, 1.165) is 12.0 Å². The lowest BCUT2D eigenvalue weighted by atomic mass is 9.44. The summed E-state index contributed by atoms with van der Waals surface area (Å²) in [4.78, 5) is 53.0. The van der Waals surface area contributed by atoms with E-state index in [1.54, 1.807) is 26.0 Å². The molecule has 3 saturated carbocycles. The molecular formula is C46H61FO7. The summed E-state index contributed by atoms with van der Waals surface area (Å²) in [5.41, 5.74) is -0.815. The van der Waals surface area contributed by atoms with Crippen molar-refractivity contribution in [2.45, 2.75) is 137 Å². The van der Waals surface area contributed by atoms with Gasteiger partial charge in [0, 0.05) is 35.2 Å². The molecule has 0 aromatic carbocycles. The van der Waals surface area contributed by atoms with Crippen LogP contribution in [0.4, 0.5) is 4.39 Å². The fourth-order valence-corrected chi connectivity index (χ4v) is 11.0. The molecule has 0 unspecified atom stereocenters. The van der Waals surface area contributed by atoms with Crippen molar-refractivity contribution in [2.75, 3.05) is 6.61 Å². The Morgan fingerprint density at radius 1 is 1.06 bits per heavy atom. The first-order chi connectivity index (χ1) is 25.3. The van der Waals surface area contributed by atoms with Gasteiger partial charge in [0.25, 0.3) is 0 Å². The number of Topliss-reactive ketones (excluding diaryl/α,β-unsaturated/α-hetero) is 1. The highest BCUT2D eigenvalue weighted by molar-refractivity contribution is 6.01. The number of ketones is 2. The summed E-state index contributed by atoms with van der Waals surface area (Å²) in [5, 5.41) is 11.8. The zero-order valence-electron chi connectivity index (χ0n) is 33.9. The van der Waals surface area contributed by atoms with Crippen molar-refractivity contribution in [3.63, 3.8) is 0 Å². The molecule has 5 aliphatic carbocycles. The highest BCUT2D eigenvalue weighted by Crippen LogP contribution is 2.71. The quantitative estimate of drug-likeness (QED) is 0.128. The Kier molecular flexibility index (Phi) is 11.9. The second-order valence-electron chi connectivity index (χ2n) is 17.8. The number of ether oxygens (including phenoxy) is 2. The summed E-state index contributed by atoms with van der Waals surface area (Å²) < 4.78 is 29.5. The van der Waals surface area contributed by atoms with Crippen LogP contribution in [-0.4, -0.2) is 52.6 Å². The number of aliphatic hydroxyl groups is 1. The number of rotatable bonds is 11. The van der Waals surface area contributed by atoms with E-state index in [-0.39, 0.29) is 24.0 Å². The van der Waals surface area contributed by atoms with Gasteiger partial charge in [-0.15, -0.1) is 0 Å². The lowest BCUT2D eigenvalue weighted by Gasteiger charge is -2.62. The highest BCUT2D eigenvalue weighted by atomic mass is 19.1. The molecule has 0 radical (unpaired) electrons. The van der Waals surface area contributed by atoms with Gasteiger partial charge in [0.15, 0.2) is 23.7 Å². The number of allylic oxidation sites excluding steroid dienone is 13. The van der Waals surface area contributed by atoms with Gasteiger partial charge in [-0.1, -0.05) is 87.8 Å². The summed E-state index contributed by atoms with van der Waals surface area (Å²) in [7, 11) is 0. The minimum Gasteiger partial charge on any atom is -0.454 e. The Labute approximate surface area is 321 Å². The lowest BCUT2D eigenvalue weighted by molar-refractivity contribution is -0.228. The third kappa shape index (κ3) is 7.12. The molecule has 8 heteroatoms. The third-order valence-electron chi connectivity index (χ3n) is 13.8. The number of alkyl halides is 1. The van der Waals surface area contributed by atoms with Crippen molar-refractivity contribution in [1.29, 1.82) is 0 Å². The first-order valence-electron chi connectivity index (χ1n) is 19.9. The smallest absolute Gasteiger partial charge is 0.331 e. The van der Waals surface area contributed by atoms with E-state index in [1.807, 2.05) is 39.8 Å². The molecule has 8 atom stereocenters. The normalized spacial score (nSPS) is 36.5. The number of carbonyl (C=O) groups is 4. The van der Waals surface area contributed by atoms with Gasteiger partial charge < -0.3 is 14.6 Å². The molecular weight excluding hydrogens is 683 g/mol. The maximum atomic E-state index is 17.8. The van der Waals surface area contributed by atoms with Gasteiger partial charge in [-0.05, 0) is 114 Å². The monoisotopic (exact) mass is 744 g/mol. The SMILES string of the molecule is CCCC(=O)O[C@@]1(C(=O)COC(=O)C=C(C)C=CC=C(C)C=CC2=C(C)CCCC2(C)C)[C@@H](C)C[C@H]2[C@@H]3CCC4=CC(=O)C=C[C@]4(C)[C@@]3(F)[C@@H](O)C[C@@]21C. The topological polar surface area (TPSA) is 107 Å². The van der Waals surface area contributed by atoms with Crippen LogP contribution in [-0.2, 0) is 28.7 Å². The number of hydrogen-bond donors (Lipinski definition) is 1. The van der Waals surface area contributed by atoms with Crippen LogP contribution in [0.2, 0.25) is 0 Å². The van der Waals surface area contributed by atoms with Gasteiger partial charge in [0.1, 0.15) is 0 Å². The van der Waals surface area contributed by atoms with E-state index < -0.39 is 70.3 Å². The minimum atomic E-state index is -2.10. The predicted molar refractivity (Wildman–Crippen MR) is 209 cm³/mol. The van der Waals surface area contributed by atoms with Crippen LogP contribution in [0.25, 0.3) is 0 Å². The largest absolute Gasteiger partial charge is 0.454 e. The third-order valence-corrected chi connectivity index (χ3v) is 13.8. The van der Waals surface area contributed by atoms with Crippen molar-refractivity contribution < 1.29 is 38.1 Å². The fraction of sp³-hybridized carbons (Fsp3) is 0.609. The number of hydrogen-bond acceptors (Lipinski definition) is 7. The average molecular weight is 745 g/mol. The van der Waals surface area contributed by atoms with Gasteiger partial charge >= 0.3 is 11.9 Å². The first kappa shape index (κ1) is 41.5. The van der Waals surface area contributed by atoms with Gasteiger partial charge in [-0.2, -0.15) is 0 Å². The van der Waals surface area contributed by atoms with Gasteiger partial charge in [-0.25, -0.2) is 9.18 Å². The number of aliphatic hydroxyl groups excluding tert-OH is 1. The van der Waals surface area contributed by atoms with E-state index in [2.05, 4.69) is 32.9 Å². The zero-order valence-corrected chi connectivity index (χ0v) is 33.9. The molecule has 0 heterocycles. The molecule has 0 aromatic heterocycles. The van der Waals surface area contributed by atoms with Crippen LogP contribution in [0.5, 0.6) is 0 Å². The van der Waals surface area contributed by atoms with Crippen LogP contribution in [0, 0.1) is 34.0 Å². The summed E-state index contributed by atoms with van der Waals surface area (Å²) in [5.74, 6) is -3.65. The number of halogens is 1. The predicted octanol–water partition coefficient (Wildman–Crippen LogP) is 9.33. The molecule has 7 nitrogen and oxygen atoms in total.